The number of hydrogen-bond donors (Lipinski definition) is 0. The van der Waals surface area contributed by atoms with Crippen molar-refractivity contribution in [3.8, 4) is 0 Å². The Morgan fingerprint density at radius 3 is 2.70 bits per heavy atom. The minimum atomic E-state index is 0.382. The second-order valence-corrected chi connectivity index (χ2v) is 6.28. The molecule has 1 aliphatic rings. The molecule has 0 radical (unpaired) electrons. The third kappa shape index (κ3) is 4.77. The number of hydrogen-bond acceptors (Lipinski definition) is 1. The molecule has 0 aliphatic heterocycles. The highest BCUT2D eigenvalue weighted by Gasteiger charge is 2.25. The summed E-state index contributed by atoms with van der Waals surface area (Å²) in [6.07, 6.45) is 10.8. The van der Waals surface area contributed by atoms with Crippen molar-refractivity contribution in [3.05, 3.63) is 35.9 Å². The predicted molar refractivity (Wildman–Crippen MR) is 84.7 cm³/mol. The second-order valence-electron chi connectivity index (χ2n) is 6.28. The van der Waals surface area contributed by atoms with E-state index in [1.165, 1.54) is 44.1 Å². The van der Waals surface area contributed by atoms with E-state index in [4.69, 9.17) is 0 Å². The first-order chi connectivity index (χ1) is 9.79. The first-order valence-electron chi connectivity index (χ1n) is 8.36. The number of Topliss-reactive ketones (excluding diaryl/α,β-unsaturated/α-hetero) is 1. The van der Waals surface area contributed by atoms with Crippen molar-refractivity contribution in [3.63, 3.8) is 0 Å². The van der Waals surface area contributed by atoms with Gasteiger partial charge in [0, 0.05) is 12.3 Å². The quantitative estimate of drug-likeness (QED) is 0.625. The van der Waals surface area contributed by atoms with E-state index < -0.39 is 0 Å². The highest BCUT2D eigenvalue weighted by Crippen LogP contribution is 2.33. The zero-order valence-corrected chi connectivity index (χ0v) is 12.8. The molecule has 0 amide bonds. The molecule has 1 nitrogen and oxygen atoms in total. The van der Waals surface area contributed by atoms with Gasteiger partial charge in [-0.25, -0.2) is 0 Å². The number of rotatable bonds is 7. The zero-order chi connectivity index (χ0) is 14.2. The zero-order valence-electron chi connectivity index (χ0n) is 12.8. The van der Waals surface area contributed by atoms with Crippen LogP contribution in [0.1, 0.15) is 63.9 Å². The molecule has 0 bridgehead atoms. The molecule has 1 aromatic carbocycles. The Kier molecular flexibility index (Phi) is 6.29. The van der Waals surface area contributed by atoms with Gasteiger partial charge < -0.3 is 0 Å². The normalized spacial score (nSPS) is 22.6. The molecule has 2 rings (SSSR count). The highest BCUT2D eigenvalue weighted by atomic mass is 16.1. The van der Waals surface area contributed by atoms with Crippen LogP contribution in [0.25, 0.3) is 0 Å². The van der Waals surface area contributed by atoms with Gasteiger partial charge in [-0.15, -0.1) is 0 Å². The van der Waals surface area contributed by atoms with Crippen molar-refractivity contribution in [1.29, 1.82) is 0 Å². The topological polar surface area (TPSA) is 17.1 Å². The number of unbranched alkanes of at least 4 members (excludes halogenated alkanes) is 1. The van der Waals surface area contributed by atoms with Crippen LogP contribution in [0, 0.1) is 11.8 Å². The summed E-state index contributed by atoms with van der Waals surface area (Å²) in [5.41, 5.74) is 1.45. The summed E-state index contributed by atoms with van der Waals surface area (Å²) in [7, 11) is 0. The van der Waals surface area contributed by atoms with Crippen LogP contribution in [0.15, 0.2) is 30.3 Å². The van der Waals surface area contributed by atoms with Crippen LogP contribution in [0.3, 0.4) is 0 Å². The lowest BCUT2D eigenvalue weighted by atomic mass is 9.77. The average Bonchev–Trinajstić information content (AvgIpc) is 2.52. The van der Waals surface area contributed by atoms with E-state index in [2.05, 4.69) is 30.3 Å². The second kappa shape index (κ2) is 8.24. The Hall–Kier alpha value is -1.11. The summed E-state index contributed by atoms with van der Waals surface area (Å²) >= 11 is 0. The minimum absolute atomic E-state index is 0.382. The fourth-order valence-corrected chi connectivity index (χ4v) is 3.54. The summed E-state index contributed by atoms with van der Waals surface area (Å²) in [6.45, 7) is 2.01. The monoisotopic (exact) mass is 272 g/mol. The van der Waals surface area contributed by atoms with Crippen LogP contribution in [-0.2, 0) is 11.2 Å². The number of ketones is 1. The molecule has 20 heavy (non-hydrogen) atoms. The van der Waals surface area contributed by atoms with Gasteiger partial charge in [-0.2, -0.15) is 0 Å². The first-order valence-corrected chi connectivity index (χ1v) is 8.36. The largest absolute Gasteiger partial charge is 0.299 e. The molecule has 0 spiro atoms. The molecule has 1 unspecified atom stereocenters. The van der Waals surface area contributed by atoms with Gasteiger partial charge in [0.15, 0.2) is 0 Å². The molecule has 1 saturated carbocycles. The van der Waals surface area contributed by atoms with Crippen molar-refractivity contribution in [2.45, 2.75) is 64.7 Å². The van der Waals surface area contributed by atoms with E-state index in [1.54, 1.807) is 0 Å². The Labute approximate surface area is 123 Å². The van der Waals surface area contributed by atoms with Crippen LogP contribution in [0.5, 0.6) is 0 Å². The Morgan fingerprint density at radius 1 is 1.15 bits per heavy atom. The standard InChI is InChI=1S/C19H28O/c1-2-19(20)18-14-8-13-17(15-18)12-7-6-11-16-9-4-3-5-10-16/h3-5,9-10,17-18H,2,6-8,11-15H2,1H3/t17-,18?/m1/s1. The van der Waals surface area contributed by atoms with Crippen LogP contribution in [0.2, 0.25) is 0 Å². The van der Waals surface area contributed by atoms with Gasteiger partial charge in [0.1, 0.15) is 5.78 Å². The SMILES string of the molecule is CCC(=O)C1CCC[C@@H](CCCCc2ccccc2)C1. The Bertz CT molecular complexity index is 395. The maximum absolute atomic E-state index is 11.8. The molecule has 1 fully saturated rings. The maximum Gasteiger partial charge on any atom is 0.135 e. The van der Waals surface area contributed by atoms with Crippen molar-refractivity contribution in [2.24, 2.45) is 11.8 Å². The lowest BCUT2D eigenvalue weighted by Gasteiger charge is -2.28. The van der Waals surface area contributed by atoms with Crippen molar-refractivity contribution >= 4 is 5.78 Å². The Balaban J connectivity index is 1.65. The molecular weight excluding hydrogens is 244 g/mol. The van der Waals surface area contributed by atoms with Gasteiger partial charge in [-0.05, 0) is 37.2 Å². The average molecular weight is 272 g/mol. The lowest BCUT2D eigenvalue weighted by Crippen LogP contribution is -2.22. The summed E-state index contributed by atoms with van der Waals surface area (Å²) < 4.78 is 0. The molecule has 0 aromatic heterocycles. The van der Waals surface area contributed by atoms with Crippen LogP contribution in [0.4, 0.5) is 0 Å². The van der Waals surface area contributed by atoms with Crippen molar-refractivity contribution in [1.82, 2.24) is 0 Å². The number of aryl methyl sites for hydroxylation is 1. The van der Waals surface area contributed by atoms with Gasteiger partial charge in [-0.3, -0.25) is 4.79 Å². The van der Waals surface area contributed by atoms with E-state index in [1.807, 2.05) is 6.92 Å². The third-order valence-electron chi connectivity index (χ3n) is 4.76. The van der Waals surface area contributed by atoms with Crippen LogP contribution < -0.4 is 0 Å². The molecule has 2 atom stereocenters. The van der Waals surface area contributed by atoms with E-state index in [0.29, 0.717) is 11.7 Å². The smallest absolute Gasteiger partial charge is 0.135 e. The van der Waals surface area contributed by atoms with Crippen LogP contribution in [-0.4, -0.2) is 5.78 Å². The number of carbonyl (C=O) groups is 1. The molecule has 1 aromatic rings. The van der Waals surface area contributed by atoms with Gasteiger partial charge in [-0.1, -0.05) is 62.9 Å². The van der Waals surface area contributed by atoms with E-state index in [0.717, 1.165) is 25.2 Å². The third-order valence-corrected chi connectivity index (χ3v) is 4.76. The molecule has 110 valence electrons. The lowest BCUT2D eigenvalue weighted by molar-refractivity contribution is -0.124. The molecule has 1 aliphatic carbocycles. The maximum atomic E-state index is 11.8. The fourth-order valence-electron chi connectivity index (χ4n) is 3.54. The summed E-state index contributed by atoms with van der Waals surface area (Å²) in [5, 5.41) is 0. The predicted octanol–water partition coefficient (Wildman–Crippen LogP) is 5.18. The van der Waals surface area contributed by atoms with E-state index >= 15 is 0 Å². The summed E-state index contributed by atoms with van der Waals surface area (Å²) in [4.78, 5) is 11.8. The van der Waals surface area contributed by atoms with E-state index in [9.17, 15) is 4.79 Å². The first kappa shape index (κ1) is 15.3. The molecule has 0 saturated heterocycles. The molecule has 0 N–H and O–H groups in total. The Morgan fingerprint density at radius 2 is 1.95 bits per heavy atom. The minimum Gasteiger partial charge on any atom is -0.299 e. The molecule has 1 heteroatoms. The number of carbonyl (C=O) groups excluding carboxylic acids is 1. The fraction of sp³-hybridized carbons (Fsp3) is 0.632. The van der Waals surface area contributed by atoms with Gasteiger partial charge in [0.05, 0.1) is 0 Å². The van der Waals surface area contributed by atoms with E-state index in [-0.39, 0.29) is 0 Å². The summed E-state index contributed by atoms with van der Waals surface area (Å²) in [6, 6.07) is 10.8. The van der Waals surface area contributed by atoms with Gasteiger partial charge in [0.25, 0.3) is 0 Å². The number of benzene rings is 1. The summed E-state index contributed by atoms with van der Waals surface area (Å²) in [5.74, 6) is 1.69. The van der Waals surface area contributed by atoms with Crippen LogP contribution >= 0.6 is 0 Å². The highest BCUT2D eigenvalue weighted by molar-refractivity contribution is 5.80. The van der Waals surface area contributed by atoms with Gasteiger partial charge in [0.2, 0.25) is 0 Å². The van der Waals surface area contributed by atoms with Gasteiger partial charge >= 0.3 is 0 Å². The molecule has 0 heterocycles. The molecular formula is C19H28O. The van der Waals surface area contributed by atoms with Crippen molar-refractivity contribution in [2.75, 3.05) is 0 Å². The van der Waals surface area contributed by atoms with Crippen molar-refractivity contribution < 1.29 is 4.79 Å².